The molecule has 0 aromatic carbocycles. The molecule has 1 aromatic rings. The Bertz CT molecular complexity index is 310. The molecule has 1 heterocycles. The van der Waals surface area contributed by atoms with Crippen LogP contribution in [0.4, 0.5) is 0 Å². The highest BCUT2D eigenvalue weighted by atomic mass is 32.2. The highest BCUT2D eigenvalue weighted by Gasteiger charge is 2.19. The van der Waals surface area contributed by atoms with Crippen molar-refractivity contribution in [2.45, 2.75) is 33.7 Å². The number of hydrogen-bond donors (Lipinski definition) is 0. The molecule has 0 saturated carbocycles. The van der Waals surface area contributed by atoms with E-state index < -0.39 is 10.8 Å². The molecule has 0 aliphatic carbocycles. The fourth-order valence-corrected chi connectivity index (χ4v) is 2.37. The van der Waals surface area contributed by atoms with Gasteiger partial charge in [0.05, 0.1) is 0 Å². The smallest absolute Gasteiger partial charge is 0.138 e. The maximum Gasteiger partial charge on any atom is 0.138 e. The van der Waals surface area contributed by atoms with Crippen LogP contribution in [-0.4, -0.2) is 35.9 Å². The summed E-state index contributed by atoms with van der Waals surface area (Å²) in [6.07, 6.45) is 2.53. The lowest BCUT2D eigenvalue weighted by molar-refractivity contribution is 0.279. The van der Waals surface area contributed by atoms with Gasteiger partial charge in [-0.15, -0.1) is 5.10 Å². The molecule has 0 fully saturated rings. The third kappa shape index (κ3) is 4.51. The minimum Gasteiger partial charge on any atom is -0.260 e. The Morgan fingerprint density at radius 3 is 2.73 bits per heavy atom. The number of nitrogens with zero attached hydrogens (tertiary/aromatic N) is 4. The topological polar surface area (TPSA) is 60.7 Å². The molecule has 0 aliphatic heterocycles. The maximum atomic E-state index is 11.3. The molecule has 6 heteroatoms. The monoisotopic (exact) mass is 230 g/mol. The van der Waals surface area contributed by atoms with Crippen molar-refractivity contribution < 1.29 is 4.21 Å². The second-order valence-electron chi connectivity index (χ2n) is 4.35. The van der Waals surface area contributed by atoms with Crippen molar-refractivity contribution in [2.75, 3.05) is 11.5 Å². The van der Waals surface area contributed by atoms with Gasteiger partial charge in [-0.2, -0.15) is 0 Å². The molecular weight excluding hydrogens is 212 g/mol. The first-order valence-corrected chi connectivity index (χ1v) is 6.58. The van der Waals surface area contributed by atoms with Gasteiger partial charge in [-0.3, -0.25) is 4.21 Å². The lowest BCUT2D eigenvalue weighted by Gasteiger charge is -2.23. The fourth-order valence-electron chi connectivity index (χ4n) is 1.30. The largest absolute Gasteiger partial charge is 0.260 e. The lowest BCUT2D eigenvalue weighted by Crippen LogP contribution is -2.22. The van der Waals surface area contributed by atoms with Gasteiger partial charge in [0.15, 0.2) is 0 Å². The van der Waals surface area contributed by atoms with Gasteiger partial charge >= 0.3 is 0 Å². The third-order valence-corrected chi connectivity index (χ3v) is 3.61. The Labute approximate surface area is 92.7 Å². The Morgan fingerprint density at radius 2 is 2.20 bits per heavy atom. The Hall–Kier alpha value is -0.780. The van der Waals surface area contributed by atoms with Crippen LogP contribution in [0, 0.1) is 5.41 Å². The summed E-state index contributed by atoms with van der Waals surface area (Å²) in [5, 5.41) is 11.0. The SMILES string of the molecule is CCS(=O)CCC(C)(C)Cn1cnnn1. The van der Waals surface area contributed by atoms with Crippen molar-refractivity contribution in [3.8, 4) is 0 Å². The average molecular weight is 230 g/mol. The Kier molecular flexibility index (Phi) is 4.38. The molecule has 5 nitrogen and oxygen atoms in total. The van der Waals surface area contributed by atoms with Crippen LogP contribution in [0.25, 0.3) is 0 Å². The first-order valence-electron chi connectivity index (χ1n) is 5.09. The minimum atomic E-state index is -0.683. The van der Waals surface area contributed by atoms with Crippen LogP contribution in [0.5, 0.6) is 0 Å². The number of rotatable bonds is 6. The van der Waals surface area contributed by atoms with Crippen LogP contribution in [0.3, 0.4) is 0 Å². The number of aromatic nitrogens is 4. The Balaban J connectivity index is 2.41. The minimum absolute atomic E-state index is 0.0835. The van der Waals surface area contributed by atoms with Crippen molar-refractivity contribution >= 4 is 10.8 Å². The summed E-state index contributed by atoms with van der Waals surface area (Å²) < 4.78 is 13.0. The van der Waals surface area contributed by atoms with E-state index in [9.17, 15) is 4.21 Å². The number of hydrogen-bond acceptors (Lipinski definition) is 4. The second kappa shape index (κ2) is 5.34. The summed E-state index contributed by atoms with van der Waals surface area (Å²) in [6.45, 7) is 6.99. The van der Waals surface area contributed by atoms with E-state index in [-0.39, 0.29) is 5.41 Å². The van der Waals surface area contributed by atoms with Crippen molar-refractivity contribution in [3.05, 3.63) is 6.33 Å². The maximum absolute atomic E-state index is 11.3. The summed E-state index contributed by atoms with van der Waals surface area (Å²) in [5.41, 5.74) is 0.0835. The second-order valence-corrected chi connectivity index (χ2v) is 6.22. The molecule has 0 bridgehead atoms. The highest BCUT2D eigenvalue weighted by Crippen LogP contribution is 2.22. The van der Waals surface area contributed by atoms with E-state index in [1.165, 1.54) is 0 Å². The molecule has 0 N–H and O–H groups in total. The summed E-state index contributed by atoms with van der Waals surface area (Å²) in [5.74, 6) is 1.49. The standard InChI is InChI=1S/C9H18N4OS/c1-4-15(14)6-5-9(2,3)7-13-8-10-11-12-13/h8H,4-7H2,1-3H3. The van der Waals surface area contributed by atoms with E-state index in [4.69, 9.17) is 0 Å². The zero-order valence-corrected chi connectivity index (χ0v) is 10.3. The summed E-state index contributed by atoms with van der Waals surface area (Å²) in [6, 6.07) is 0. The normalized spacial score (nSPS) is 14.1. The molecule has 0 radical (unpaired) electrons. The molecule has 0 saturated heterocycles. The molecular formula is C9H18N4OS. The molecule has 1 aromatic heterocycles. The van der Waals surface area contributed by atoms with E-state index in [1.54, 1.807) is 11.0 Å². The number of tetrazole rings is 1. The van der Waals surface area contributed by atoms with Gasteiger partial charge in [0, 0.05) is 28.9 Å². The average Bonchev–Trinajstić information content (AvgIpc) is 2.66. The molecule has 1 rings (SSSR count). The predicted molar refractivity (Wildman–Crippen MR) is 59.8 cm³/mol. The third-order valence-electron chi connectivity index (χ3n) is 2.31. The van der Waals surface area contributed by atoms with E-state index in [0.717, 1.165) is 24.5 Å². The van der Waals surface area contributed by atoms with E-state index in [1.807, 2.05) is 6.92 Å². The van der Waals surface area contributed by atoms with E-state index in [0.29, 0.717) is 0 Å². The molecule has 1 unspecified atom stereocenters. The van der Waals surface area contributed by atoms with Crippen LogP contribution in [0.15, 0.2) is 6.33 Å². The first-order chi connectivity index (χ1) is 7.03. The lowest BCUT2D eigenvalue weighted by atomic mass is 9.90. The molecule has 15 heavy (non-hydrogen) atoms. The summed E-state index contributed by atoms with van der Waals surface area (Å²) >= 11 is 0. The molecule has 0 spiro atoms. The molecule has 86 valence electrons. The fraction of sp³-hybridized carbons (Fsp3) is 0.889. The zero-order chi connectivity index (χ0) is 11.3. The van der Waals surface area contributed by atoms with Crippen LogP contribution in [0.2, 0.25) is 0 Å². The first kappa shape index (κ1) is 12.3. The van der Waals surface area contributed by atoms with Crippen LogP contribution in [0.1, 0.15) is 27.2 Å². The van der Waals surface area contributed by atoms with Crippen molar-refractivity contribution in [1.82, 2.24) is 20.2 Å². The predicted octanol–water partition coefficient (Wildman–Crippen LogP) is 0.858. The van der Waals surface area contributed by atoms with Gasteiger partial charge in [-0.25, -0.2) is 4.68 Å². The van der Waals surface area contributed by atoms with Crippen LogP contribution in [-0.2, 0) is 17.3 Å². The van der Waals surface area contributed by atoms with Crippen LogP contribution >= 0.6 is 0 Å². The van der Waals surface area contributed by atoms with Gasteiger partial charge < -0.3 is 0 Å². The highest BCUT2D eigenvalue weighted by molar-refractivity contribution is 7.84. The van der Waals surface area contributed by atoms with Gasteiger partial charge in [-0.05, 0) is 22.3 Å². The van der Waals surface area contributed by atoms with Crippen molar-refractivity contribution in [2.24, 2.45) is 5.41 Å². The zero-order valence-electron chi connectivity index (χ0n) is 9.51. The Morgan fingerprint density at radius 1 is 1.47 bits per heavy atom. The van der Waals surface area contributed by atoms with Gasteiger partial charge in [0.25, 0.3) is 0 Å². The van der Waals surface area contributed by atoms with E-state index >= 15 is 0 Å². The van der Waals surface area contributed by atoms with Crippen molar-refractivity contribution in [1.29, 1.82) is 0 Å². The molecule has 1 atom stereocenters. The quantitative estimate of drug-likeness (QED) is 0.727. The van der Waals surface area contributed by atoms with E-state index in [2.05, 4.69) is 29.4 Å². The van der Waals surface area contributed by atoms with Gasteiger partial charge in [-0.1, -0.05) is 20.8 Å². The van der Waals surface area contributed by atoms with Crippen LogP contribution < -0.4 is 0 Å². The molecule has 0 aliphatic rings. The van der Waals surface area contributed by atoms with Crippen molar-refractivity contribution in [3.63, 3.8) is 0 Å². The summed E-state index contributed by atoms with van der Waals surface area (Å²) in [4.78, 5) is 0. The molecule has 0 amide bonds. The van der Waals surface area contributed by atoms with Gasteiger partial charge in [0.1, 0.15) is 6.33 Å². The van der Waals surface area contributed by atoms with Gasteiger partial charge in [0.2, 0.25) is 0 Å². The summed E-state index contributed by atoms with van der Waals surface area (Å²) in [7, 11) is -0.683.